The molecule has 1 nitrogen and oxygen atoms in total. The molecule has 2 N–H and O–H groups in total. The summed E-state index contributed by atoms with van der Waals surface area (Å²) in [4.78, 5) is 0. The second kappa shape index (κ2) is 7.52. The van der Waals surface area contributed by atoms with Crippen molar-refractivity contribution < 1.29 is 0 Å². The largest absolute Gasteiger partial charge is 0.324 e. The Bertz CT molecular complexity index is 360. The van der Waals surface area contributed by atoms with Crippen LogP contribution in [0.4, 0.5) is 0 Å². The van der Waals surface area contributed by atoms with E-state index in [0.29, 0.717) is 0 Å². The molecule has 0 fully saturated rings. The van der Waals surface area contributed by atoms with Gasteiger partial charge in [0.2, 0.25) is 0 Å². The van der Waals surface area contributed by atoms with E-state index in [1.54, 1.807) is 0 Å². The summed E-state index contributed by atoms with van der Waals surface area (Å²) >= 11 is 5.93. The summed E-state index contributed by atoms with van der Waals surface area (Å²) in [5, 5.41) is 0.782. The first-order valence-corrected chi connectivity index (χ1v) is 6.65. The molecular weight excluding hydrogens is 230 g/mol. The van der Waals surface area contributed by atoms with Gasteiger partial charge in [-0.05, 0) is 49.4 Å². The molecule has 0 aliphatic rings. The molecule has 0 amide bonds. The van der Waals surface area contributed by atoms with Gasteiger partial charge in [-0.2, -0.15) is 0 Å². The van der Waals surface area contributed by atoms with Crippen molar-refractivity contribution in [2.24, 2.45) is 5.73 Å². The van der Waals surface area contributed by atoms with Gasteiger partial charge in [0.15, 0.2) is 0 Å². The standard InChI is InChI=1S/C15H22ClN/c1-3-4-5-6-7-8-15(17)14-10-9-13(16)11-12(14)2/h3,9-11,15H,1,4-8,17H2,2H3. The lowest BCUT2D eigenvalue weighted by molar-refractivity contribution is 0.570. The van der Waals surface area contributed by atoms with Gasteiger partial charge in [-0.15, -0.1) is 6.58 Å². The number of nitrogens with two attached hydrogens (primary N) is 1. The topological polar surface area (TPSA) is 26.0 Å². The summed E-state index contributed by atoms with van der Waals surface area (Å²) < 4.78 is 0. The summed E-state index contributed by atoms with van der Waals surface area (Å²) in [6.45, 7) is 5.79. The van der Waals surface area contributed by atoms with Crippen LogP contribution >= 0.6 is 11.6 Å². The van der Waals surface area contributed by atoms with E-state index in [0.717, 1.165) is 17.9 Å². The molecule has 0 aliphatic heterocycles. The summed E-state index contributed by atoms with van der Waals surface area (Å²) in [6, 6.07) is 6.08. The van der Waals surface area contributed by atoms with Gasteiger partial charge in [-0.1, -0.05) is 36.6 Å². The Balaban J connectivity index is 2.41. The van der Waals surface area contributed by atoms with Gasteiger partial charge in [0.1, 0.15) is 0 Å². The quantitative estimate of drug-likeness (QED) is 0.548. The van der Waals surface area contributed by atoms with Crippen LogP contribution in [-0.2, 0) is 0 Å². The van der Waals surface area contributed by atoms with Gasteiger partial charge in [-0.3, -0.25) is 0 Å². The summed E-state index contributed by atoms with van der Waals surface area (Å²) in [5.74, 6) is 0. The fourth-order valence-electron chi connectivity index (χ4n) is 2.04. The average Bonchev–Trinajstić information content (AvgIpc) is 2.28. The maximum absolute atomic E-state index is 6.20. The molecule has 0 heterocycles. The van der Waals surface area contributed by atoms with E-state index >= 15 is 0 Å². The highest BCUT2D eigenvalue weighted by molar-refractivity contribution is 6.30. The van der Waals surface area contributed by atoms with Crippen LogP contribution in [-0.4, -0.2) is 0 Å². The molecule has 2 heteroatoms. The molecule has 1 aromatic rings. The Hall–Kier alpha value is -0.790. The molecule has 1 unspecified atom stereocenters. The van der Waals surface area contributed by atoms with Crippen molar-refractivity contribution in [3.05, 3.63) is 47.0 Å². The Kier molecular flexibility index (Phi) is 6.31. The zero-order valence-corrected chi connectivity index (χ0v) is 11.3. The Morgan fingerprint density at radius 2 is 2.12 bits per heavy atom. The second-order valence-corrected chi connectivity index (χ2v) is 4.97. The van der Waals surface area contributed by atoms with E-state index in [4.69, 9.17) is 17.3 Å². The molecule has 0 radical (unpaired) electrons. The van der Waals surface area contributed by atoms with Crippen LogP contribution in [0.3, 0.4) is 0 Å². The Morgan fingerprint density at radius 3 is 2.76 bits per heavy atom. The molecule has 0 aliphatic carbocycles. The summed E-state index contributed by atoms with van der Waals surface area (Å²) in [7, 11) is 0. The van der Waals surface area contributed by atoms with Crippen molar-refractivity contribution in [3.8, 4) is 0 Å². The fraction of sp³-hybridized carbons (Fsp3) is 0.467. The van der Waals surface area contributed by atoms with Gasteiger partial charge < -0.3 is 5.73 Å². The lowest BCUT2D eigenvalue weighted by Crippen LogP contribution is -2.11. The van der Waals surface area contributed by atoms with Crippen molar-refractivity contribution in [2.75, 3.05) is 0 Å². The van der Waals surface area contributed by atoms with Crippen LogP contribution in [0, 0.1) is 6.92 Å². The lowest BCUT2D eigenvalue weighted by Gasteiger charge is -2.14. The van der Waals surface area contributed by atoms with Crippen molar-refractivity contribution in [1.82, 2.24) is 0 Å². The molecule has 1 rings (SSSR count). The van der Waals surface area contributed by atoms with E-state index in [2.05, 4.69) is 13.5 Å². The zero-order valence-electron chi connectivity index (χ0n) is 10.6. The fourth-order valence-corrected chi connectivity index (χ4v) is 2.27. The van der Waals surface area contributed by atoms with Crippen LogP contribution in [0.2, 0.25) is 5.02 Å². The smallest absolute Gasteiger partial charge is 0.0408 e. The maximum atomic E-state index is 6.20. The van der Waals surface area contributed by atoms with Gasteiger partial charge in [0, 0.05) is 11.1 Å². The monoisotopic (exact) mass is 251 g/mol. The number of hydrogen-bond donors (Lipinski definition) is 1. The number of benzene rings is 1. The Labute approximate surface area is 110 Å². The van der Waals surface area contributed by atoms with Crippen LogP contribution in [0.1, 0.15) is 49.3 Å². The minimum Gasteiger partial charge on any atom is -0.324 e. The van der Waals surface area contributed by atoms with E-state index < -0.39 is 0 Å². The van der Waals surface area contributed by atoms with Gasteiger partial charge in [-0.25, -0.2) is 0 Å². The van der Waals surface area contributed by atoms with Gasteiger partial charge in [0.25, 0.3) is 0 Å². The molecule has 1 aromatic carbocycles. The molecular formula is C15H22ClN. The number of aryl methyl sites for hydroxylation is 1. The molecule has 94 valence electrons. The molecule has 0 saturated carbocycles. The first kappa shape index (κ1) is 14.3. The highest BCUT2D eigenvalue weighted by Crippen LogP contribution is 2.23. The minimum absolute atomic E-state index is 0.135. The predicted octanol–water partition coefficient (Wildman–Crippen LogP) is 4.78. The van der Waals surface area contributed by atoms with Crippen LogP contribution in [0.25, 0.3) is 0 Å². The summed E-state index contributed by atoms with van der Waals surface area (Å²) in [5.41, 5.74) is 8.61. The average molecular weight is 252 g/mol. The molecule has 0 aromatic heterocycles. The molecule has 17 heavy (non-hydrogen) atoms. The predicted molar refractivity (Wildman–Crippen MR) is 76.4 cm³/mol. The van der Waals surface area contributed by atoms with Crippen LogP contribution in [0.5, 0.6) is 0 Å². The number of unbranched alkanes of at least 4 members (excludes halogenated alkanes) is 3. The SMILES string of the molecule is C=CCCCCCC(N)c1ccc(Cl)cc1C. The second-order valence-electron chi connectivity index (χ2n) is 4.53. The van der Waals surface area contributed by atoms with Crippen molar-refractivity contribution in [3.63, 3.8) is 0 Å². The maximum Gasteiger partial charge on any atom is 0.0408 e. The first-order valence-electron chi connectivity index (χ1n) is 6.27. The molecule has 0 saturated heterocycles. The highest BCUT2D eigenvalue weighted by atomic mass is 35.5. The lowest BCUT2D eigenvalue weighted by atomic mass is 9.97. The highest BCUT2D eigenvalue weighted by Gasteiger charge is 2.08. The molecule has 1 atom stereocenters. The number of allylic oxidation sites excluding steroid dienone is 1. The van der Waals surface area contributed by atoms with Gasteiger partial charge >= 0.3 is 0 Å². The molecule has 0 bridgehead atoms. The van der Waals surface area contributed by atoms with Crippen molar-refractivity contribution in [2.45, 2.75) is 45.1 Å². The van der Waals surface area contributed by atoms with E-state index in [9.17, 15) is 0 Å². The first-order chi connectivity index (χ1) is 8.15. The molecule has 0 spiro atoms. The Morgan fingerprint density at radius 1 is 1.35 bits per heavy atom. The third kappa shape index (κ3) is 4.93. The van der Waals surface area contributed by atoms with Gasteiger partial charge in [0.05, 0.1) is 0 Å². The zero-order chi connectivity index (χ0) is 12.7. The number of hydrogen-bond acceptors (Lipinski definition) is 1. The van der Waals surface area contributed by atoms with Crippen LogP contribution < -0.4 is 5.73 Å². The number of halogens is 1. The normalized spacial score (nSPS) is 12.4. The van der Waals surface area contributed by atoms with E-state index in [-0.39, 0.29) is 6.04 Å². The van der Waals surface area contributed by atoms with E-state index in [1.165, 1.54) is 30.4 Å². The number of rotatable bonds is 7. The minimum atomic E-state index is 0.135. The van der Waals surface area contributed by atoms with Crippen LogP contribution in [0.15, 0.2) is 30.9 Å². The van der Waals surface area contributed by atoms with Crippen molar-refractivity contribution in [1.29, 1.82) is 0 Å². The summed E-state index contributed by atoms with van der Waals surface area (Å²) in [6.07, 6.45) is 7.75. The third-order valence-corrected chi connectivity index (χ3v) is 3.29. The third-order valence-electron chi connectivity index (χ3n) is 3.05. The van der Waals surface area contributed by atoms with E-state index in [1.807, 2.05) is 24.3 Å². The van der Waals surface area contributed by atoms with Crippen molar-refractivity contribution >= 4 is 11.6 Å².